The molecule has 0 unspecified atom stereocenters. The van der Waals surface area contributed by atoms with Crippen LogP contribution in [0.3, 0.4) is 0 Å². The fourth-order valence-electron chi connectivity index (χ4n) is 1.02. The van der Waals surface area contributed by atoms with Crippen molar-refractivity contribution in [3.8, 4) is 0 Å². The van der Waals surface area contributed by atoms with E-state index < -0.39 is 0 Å². The first-order valence-corrected chi connectivity index (χ1v) is 4.12. The molecule has 13 heavy (non-hydrogen) atoms. The topological polar surface area (TPSA) is 37.3 Å². The summed E-state index contributed by atoms with van der Waals surface area (Å²) < 4.78 is 0. The Morgan fingerprint density at radius 2 is 2.00 bits per heavy atom. The summed E-state index contributed by atoms with van der Waals surface area (Å²) in [6.07, 6.45) is 3.46. The van der Waals surface area contributed by atoms with Gasteiger partial charge in [-0.2, -0.15) is 0 Å². The molecule has 0 spiro atoms. The third-order valence-electron chi connectivity index (χ3n) is 1.73. The molecule has 0 radical (unpaired) electrons. The van der Waals surface area contributed by atoms with Crippen molar-refractivity contribution in [2.45, 2.75) is 6.92 Å². The van der Waals surface area contributed by atoms with Gasteiger partial charge in [-0.25, -0.2) is 0 Å². The molecule has 1 N–H and O–H groups in total. The number of benzene rings is 1. The maximum Gasteiger partial charge on any atom is 0.159 e. The van der Waals surface area contributed by atoms with Crippen LogP contribution in [0.2, 0.25) is 0 Å². The molecule has 2 heteroatoms. The molecule has 0 bridgehead atoms. The van der Waals surface area contributed by atoms with Crippen LogP contribution in [-0.4, -0.2) is 17.5 Å². The first kappa shape index (κ1) is 9.68. The number of hydrogen-bond acceptors (Lipinski definition) is 2. The molecule has 0 aliphatic carbocycles. The van der Waals surface area contributed by atoms with E-state index in [0.717, 1.165) is 5.56 Å². The zero-order chi connectivity index (χ0) is 9.68. The number of carbonyl (C=O) groups is 1. The summed E-state index contributed by atoms with van der Waals surface area (Å²) in [5, 5.41) is 8.53. The van der Waals surface area contributed by atoms with Gasteiger partial charge in [-0.05, 0) is 12.5 Å². The van der Waals surface area contributed by atoms with Crippen molar-refractivity contribution >= 4 is 11.9 Å². The summed E-state index contributed by atoms with van der Waals surface area (Å²) >= 11 is 0. The van der Waals surface area contributed by atoms with E-state index in [1.165, 1.54) is 0 Å². The Hall–Kier alpha value is -1.41. The standard InChI is InChI=1S/C11H12O2/c1-9(13)11-6-4-10(5-7-11)3-2-8-12/h2-7,12H,8H2,1H3/b3-2+. The molecule has 1 aromatic rings. The van der Waals surface area contributed by atoms with Gasteiger partial charge in [-0.1, -0.05) is 36.4 Å². The zero-order valence-electron chi connectivity index (χ0n) is 7.53. The number of ketones is 1. The molecule has 0 aliphatic rings. The van der Waals surface area contributed by atoms with Gasteiger partial charge >= 0.3 is 0 Å². The van der Waals surface area contributed by atoms with Gasteiger partial charge in [-0.15, -0.1) is 0 Å². The van der Waals surface area contributed by atoms with E-state index in [9.17, 15) is 4.79 Å². The Morgan fingerprint density at radius 3 is 2.46 bits per heavy atom. The predicted octanol–water partition coefficient (Wildman–Crippen LogP) is 1.89. The maximum atomic E-state index is 10.9. The van der Waals surface area contributed by atoms with Crippen LogP contribution in [0.4, 0.5) is 0 Å². The van der Waals surface area contributed by atoms with Crippen LogP contribution >= 0.6 is 0 Å². The first-order valence-electron chi connectivity index (χ1n) is 4.12. The Kier molecular flexibility index (Phi) is 3.41. The minimum Gasteiger partial charge on any atom is -0.392 e. The van der Waals surface area contributed by atoms with Crippen molar-refractivity contribution in [3.05, 3.63) is 41.5 Å². The second-order valence-electron chi connectivity index (χ2n) is 2.76. The van der Waals surface area contributed by atoms with Crippen LogP contribution in [0, 0.1) is 0 Å². The summed E-state index contributed by atoms with van der Waals surface area (Å²) in [4.78, 5) is 10.9. The van der Waals surface area contributed by atoms with Gasteiger partial charge in [0, 0.05) is 5.56 Å². The molecule has 0 saturated heterocycles. The van der Waals surface area contributed by atoms with Crippen LogP contribution in [-0.2, 0) is 0 Å². The van der Waals surface area contributed by atoms with Gasteiger partial charge in [0.05, 0.1) is 6.61 Å². The molecular weight excluding hydrogens is 164 g/mol. The van der Waals surface area contributed by atoms with Crippen LogP contribution in [0.25, 0.3) is 6.08 Å². The lowest BCUT2D eigenvalue weighted by molar-refractivity contribution is 0.101. The molecule has 0 saturated carbocycles. The first-order chi connectivity index (χ1) is 6.24. The molecule has 1 rings (SSSR count). The highest BCUT2D eigenvalue weighted by atomic mass is 16.2. The van der Waals surface area contributed by atoms with Crippen molar-refractivity contribution in [1.82, 2.24) is 0 Å². The predicted molar refractivity (Wildman–Crippen MR) is 52.6 cm³/mol. The molecule has 0 amide bonds. The Bertz CT molecular complexity index is 309. The van der Waals surface area contributed by atoms with Crippen molar-refractivity contribution < 1.29 is 9.90 Å². The van der Waals surface area contributed by atoms with Crippen molar-refractivity contribution in [3.63, 3.8) is 0 Å². The number of carbonyl (C=O) groups excluding carboxylic acids is 1. The van der Waals surface area contributed by atoms with E-state index in [-0.39, 0.29) is 12.4 Å². The Labute approximate surface area is 77.5 Å². The summed E-state index contributed by atoms with van der Waals surface area (Å²) in [6, 6.07) is 7.25. The van der Waals surface area contributed by atoms with Crippen LogP contribution in [0.1, 0.15) is 22.8 Å². The highest BCUT2D eigenvalue weighted by Gasteiger charge is 1.96. The Balaban J connectivity index is 2.81. The summed E-state index contributed by atoms with van der Waals surface area (Å²) in [5.41, 5.74) is 1.69. The van der Waals surface area contributed by atoms with E-state index in [2.05, 4.69) is 0 Å². The molecule has 0 atom stereocenters. The number of aliphatic hydroxyl groups excluding tert-OH is 1. The number of hydrogen-bond donors (Lipinski definition) is 1. The highest BCUT2D eigenvalue weighted by Crippen LogP contribution is 2.06. The highest BCUT2D eigenvalue weighted by molar-refractivity contribution is 5.94. The SMILES string of the molecule is CC(=O)c1ccc(/C=C/CO)cc1. The van der Waals surface area contributed by atoms with Crippen LogP contribution < -0.4 is 0 Å². The second kappa shape index (κ2) is 4.58. The van der Waals surface area contributed by atoms with E-state index in [4.69, 9.17) is 5.11 Å². The molecule has 68 valence electrons. The number of aliphatic hydroxyl groups is 1. The minimum atomic E-state index is 0.0362. The molecular formula is C11H12O2. The molecule has 0 aliphatic heterocycles. The van der Waals surface area contributed by atoms with Crippen molar-refractivity contribution in [2.75, 3.05) is 6.61 Å². The Morgan fingerprint density at radius 1 is 1.38 bits per heavy atom. The van der Waals surface area contributed by atoms with Gasteiger partial charge in [-0.3, -0.25) is 4.79 Å². The molecule has 0 heterocycles. The molecule has 1 aromatic carbocycles. The molecule has 2 nitrogen and oxygen atoms in total. The fourth-order valence-corrected chi connectivity index (χ4v) is 1.02. The maximum absolute atomic E-state index is 10.9. The largest absolute Gasteiger partial charge is 0.392 e. The van der Waals surface area contributed by atoms with E-state index in [1.807, 2.05) is 18.2 Å². The van der Waals surface area contributed by atoms with Gasteiger partial charge < -0.3 is 5.11 Å². The lowest BCUT2D eigenvalue weighted by Gasteiger charge is -1.95. The third-order valence-corrected chi connectivity index (χ3v) is 1.73. The number of rotatable bonds is 3. The average molecular weight is 176 g/mol. The number of Topliss-reactive ketones (excluding diaryl/α,β-unsaturated/α-hetero) is 1. The smallest absolute Gasteiger partial charge is 0.159 e. The summed E-state index contributed by atoms with van der Waals surface area (Å²) in [5.74, 6) is 0.0673. The third kappa shape index (κ3) is 2.84. The summed E-state index contributed by atoms with van der Waals surface area (Å²) in [7, 11) is 0. The van der Waals surface area contributed by atoms with Crippen LogP contribution in [0.5, 0.6) is 0 Å². The quantitative estimate of drug-likeness (QED) is 0.714. The van der Waals surface area contributed by atoms with E-state index in [1.54, 1.807) is 25.1 Å². The van der Waals surface area contributed by atoms with Crippen molar-refractivity contribution in [1.29, 1.82) is 0 Å². The lowest BCUT2D eigenvalue weighted by Crippen LogP contribution is -1.90. The van der Waals surface area contributed by atoms with Crippen molar-refractivity contribution in [2.24, 2.45) is 0 Å². The fraction of sp³-hybridized carbons (Fsp3) is 0.182. The van der Waals surface area contributed by atoms with Gasteiger partial charge in [0.1, 0.15) is 0 Å². The second-order valence-corrected chi connectivity index (χ2v) is 2.76. The molecule has 0 aromatic heterocycles. The van der Waals surface area contributed by atoms with E-state index in [0.29, 0.717) is 5.56 Å². The van der Waals surface area contributed by atoms with Crippen LogP contribution in [0.15, 0.2) is 30.3 Å². The lowest BCUT2D eigenvalue weighted by atomic mass is 10.1. The van der Waals surface area contributed by atoms with E-state index >= 15 is 0 Å². The van der Waals surface area contributed by atoms with Gasteiger partial charge in [0.2, 0.25) is 0 Å². The van der Waals surface area contributed by atoms with Gasteiger partial charge in [0.25, 0.3) is 0 Å². The average Bonchev–Trinajstić information content (AvgIpc) is 2.15. The normalized spacial score (nSPS) is 10.6. The van der Waals surface area contributed by atoms with Gasteiger partial charge in [0.15, 0.2) is 5.78 Å². The summed E-state index contributed by atoms with van der Waals surface area (Å²) in [6.45, 7) is 1.58. The minimum absolute atomic E-state index is 0.0362. The molecule has 0 fully saturated rings. The zero-order valence-corrected chi connectivity index (χ0v) is 7.53. The monoisotopic (exact) mass is 176 g/mol.